The normalized spacial score (nSPS) is 16.4. The van der Waals surface area contributed by atoms with E-state index in [0.29, 0.717) is 6.41 Å². The van der Waals surface area contributed by atoms with Gasteiger partial charge in [-0.2, -0.15) is 0 Å². The van der Waals surface area contributed by atoms with E-state index < -0.39 is 0 Å². The number of hydrogen-bond acceptors (Lipinski definition) is 4. The maximum atomic E-state index is 10.9. The highest BCUT2D eigenvalue weighted by Gasteiger charge is 2.28. The average Bonchev–Trinajstić information content (AvgIpc) is 2.48. The number of carbonyl (C=O) groups is 1. The lowest BCUT2D eigenvalue weighted by atomic mass is 10.0. The van der Waals surface area contributed by atoms with Gasteiger partial charge in [-0.1, -0.05) is 15.9 Å². The van der Waals surface area contributed by atoms with Crippen molar-refractivity contribution in [2.75, 3.05) is 50.1 Å². The Labute approximate surface area is 140 Å². The summed E-state index contributed by atoms with van der Waals surface area (Å²) in [6.07, 6.45) is 0.716. The van der Waals surface area contributed by atoms with Crippen LogP contribution in [0.25, 0.3) is 0 Å². The highest BCUT2D eigenvalue weighted by Crippen LogP contribution is 2.32. The predicted octanol–water partition coefficient (Wildman–Crippen LogP) is 2.56. The smallest absolute Gasteiger partial charge is 0.211 e. The van der Waals surface area contributed by atoms with Gasteiger partial charge in [-0.05, 0) is 32.0 Å². The molecule has 1 fully saturated rings. The third kappa shape index (κ3) is 4.21. The van der Waals surface area contributed by atoms with E-state index in [2.05, 4.69) is 51.9 Å². The van der Waals surface area contributed by atoms with Crippen LogP contribution in [0.2, 0.25) is 0 Å². The van der Waals surface area contributed by atoms with E-state index in [-0.39, 0.29) is 5.54 Å². The fraction of sp³-hybridized carbons (Fsp3) is 0.562. The number of rotatable bonds is 6. The van der Waals surface area contributed by atoms with Crippen LogP contribution in [0.4, 0.5) is 11.4 Å². The molecule has 1 N–H and O–H groups in total. The van der Waals surface area contributed by atoms with Crippen molar-refractivity contribution in [3.05, 3.63) is 22.7 Å². The maximum absolute atomic E-state index is 10.9. The molecule has 6 heteroatoms. The fourth-order valence-corrected chi connectivity index (χ4v) is 3.08. The fourth-order valence-electron chi connectivity index (χ4n) is 2.72. The summed E-state index contributed by atoms with van der Waals surface area (Å²) >= 11 is 3.45. The van der Waals surface area contributed by atoms with Gasteiger partial charge in [0.1, 0.15) is 0 Å². The van der Waals surface area contributed by atoms with Crippen LogP contribution in [0.3, 0.4) is 0 Å². The Hall–Kier alpha value is -1.11. The minimum absolute atomic E-state index is 0.0650. The Morgan fingerprint density at radius 3 is 2.73 bits per heavy atom. The van der Waals surface area contributed by atoms with Gasteiger partial charge in [-0.3, -0.25) is 9.69 Å². The van der Waals surface area contributed by atoms with Crippen LogP contribution in [0.1, 0.15) is 13.8 Å². The number of anilines is 2. The van der Waals surface area contributed by atoms with Crippen LogP contribution in [-0.4, -0.2) is 56.7 Å². The van der Waals surface area contributed by atoms with Crippen molar-refractivity contribution < 1.29 is 9.53 Å². The molecular weight excluding hydrogens is 346 g/mol. The molecule has 0 aliphatic carbocycles. The molecule has 0 radical (unpaired) electrons. The first-order valence-electron chi connectivity index (χ1n) is 7.48. The van der Waals surface area contributed by atoms with Gasteiger partial charge in [0, 0.05) is 36.7 Å². The topological polar surface area (TPSA) is 44.8 Å². The van der Waals surface area contributed by atoms with Gasteiger partial charge in [0.05, 0.1) is 24.6 Å². The van der Waals surface area contributed by atoms with Crippen molar-refractivity contribution in [3.8, 4) is 0 Å². The van der Waals surface area contributed by atoms with Gasteiger partial charge < -0.3 is 15.0 Å². The van der Waals surface area contributed by atoms with Gasteiger partial charge in [0.2, 0.25) is 6.41 Å². The predicted molar refractivity (Wildman–Crippen MR) is 93.6 cm³/mol. The molecule has 122 valence electrons. The second-order valence-corrected chi connectivity index (χ2v) is 7.10. The van der Waals surface area contributed by atoms with Crippen molar-refractivity contribution in [2.24, 2.45) is 0 Å². The van der Waals surface area contributed by atoms with Crippen LogP contribution in [0.15, 0.2) is 22.7 Å². The zero-order chi connectivity index (χ0) is 16.2. The highest BCUT2D eigenvalue weighted by molar-refractivity contribution is 9.10. The number of carbonyl (C=O) groups excluding carboxylic acids is 1. The number of ether oxygens (including phenoxy) is 1. The molecule has 1 aromatic carbocycles. The molecule has 1 aliphatic heterocycles. The van der Waals surface area contributed by atoms with Gasteiger partial charge in [0.15, 0.2) is 0 Å². The molecule has 1 aliphatic rings. The first kappa shape index (κ1) is 17.2. The molecule has 5 nitrogen and oxygen atoms in total. The van der Waals surface area contributed by atoms with E-state index >= 15 is 0 Å². The molecule has 0 aromatic heterocycles. The second kappa shape index (κ2) is 7.44. The standard InChI is InChI=1S/C16H24BrN3O2/c1-16(2,11-20-6-8-22-9-7-20)19(3)15-5-4-13(17)10-14(15)18-12-21/h4-5,10,12H,6-9,11H2,1-3H3,(H,18,21). The number of likely N-dealkylation sites (N-methyl/N-ethyl adjacent to an activating group) is 1. The van der Waals surface area contributed by atoms with Gasteiger partial charge in [-0.15, -0.1) is 0 Å². The summed E-state index contributed by atoms with van der Waals surface area (Å²) in [4.78, 5) is 15.5. The van der Waals surface area contributed by atoms with Crippen molar-refractivity contribution in [2.45, 2.75) is 19.4 Å². The minimum atomic E-state index is -0.0650. The van der Waals surface area contributed by atoms with Crippen LogP contribution < -0.4 is 10.2 Å². The lowest BCUT2D eigenvalue weighted by molar-refractivity contribution is -0.105. The van der Waals surface area contributed by atoms with Gasteiger partial charge >= 0.3 is 0 Å². The molecule has 1 saturated heterocycles. The van der Waals surface area contributed by atoms with E-state index in [1.54, 1.807) is 0 Å². The molecule has 0 atom stereocenters. The highest BCUT2D eigenvalue weighted by atomic mass is 79.9. The molecule has 22 heavy (non-hydrogen) atoms. The van der Waals surface area contributed by atoms with Crippen molar-refractivity contribution in [1.29, 1.82) is 0 Å². The van der Waals surface area contributed by atoms with Crippen LogP contribution >= 0.6 is 15.9 Å². The van der Waals surface area contributed by atoms with Crippen molar-refractivity contribution in [3.63, 3.8) is 0 Å². The van der Waals surface area contributed by atoms with Crippen LogP contribution in [-0.2, 0) is 9.53 Å². The quantitative estimate of drug-likeness (QED) is 0.782. The molecule has 1 amide bonds. The minimum Gasteiger partial charge on any atom is -0.379 e. The summed E-state index contributed by atoms with van der Waals surface area (Å²) < 4.78 is 6.36. The third-order valence-electron chi connectivity index (χ3n) is 4.16. The summed E-state index contributed by atoms with van der Waals surface area (Å²) in [6.45, 7) is 8.92. The Morgan fingerprint density at radius 2 is 2.09 bits per heavy atom. The Kier molecular flexibility index (Phi) is 5.83. The van der Waals surface area contributed by atoms with Crippen LogP contribution in [0, 0.1) is 0 Å². The molecule has 1 aromatic rings. The molecule has 2 rings (SSSR count). The monoisotopic (exact) mass is 369 g/mol. The van der Waals surface area contributed by atoms with E-state index in [1.165, 1.54) is 0 Å². The molecule has 0 spiro atoms. The van der Waals surface area contributed by atoms with Crippen molar-refractivity contribution in [1.82, 2.24) is 4.90 Å². The number of morpholine rings is 1. The van der Waals surface area contributed by atoms with E-state index in [4.69, 9.17) is 4.74 Å². The molecule has 1 heterocycles. The Bertz CT molecular complexity index is 516. The number of nitrogens with zero attached hydrogens (tertiary/aromatic N) is 2. The summed E-state index contributed by atoms with van der Waals surface area (Å²) in [5.74, 6) is 0. The van der Waals surface area contributed by atoms with Crippen molar-refractivity contribution >= 4 is 33.7 Å². The average molecular weight is 370 g/mol. The van der Waals surface area contributed by atoms with E-state index in [0.717, 1.165) is 48.7 Å². The van der Waals surface area contributed by atoms with Crippen LogP contribution in [0.5, 0.6) is 0 Å². The zero-order valence-corrected chi connectivity index (χ0v) is 15.0. The Balaban J connectivity index is 2.17. The van der Waals surface area contributed by atoms with E-state index in [1.807, 2.05) is 18.2 Å². The zero-order valence-electron chi connectivity index (χ0n) is 13.4. The molecule has 0 unspecified atom stereocenters. The van der Waals surface area contributed by atoms with Gasteiger partial charge in [0.25, 0.3) is 0 Å². The van der Waals surface area contributed by atoms with Gasteiger partial charge in [-0.25, -0.2) is 0 Å². The summed E-state index contributed by atoms with van der Waals surface area (Å²) in [5, 5.41) is 2.79. The number of amides is 1. The van der Waals surface area contributed by atoms with E-state index in [9.17, 15) is 4.79 Å². The SMILES string of the molecule is CN(c1ccc(Br)cc1NC=O)C(C)(C)CN1CCOCC1. The molecule has 0 saturated carbocycles. The number of hydrogen-bond donors (Lipinski definition) is 1. The lowest BCUT2D eigenvalue weighted by Gasteiger charge is -2.42. The summed E-state index contributed by atoms with van der Waals surface area (Å²) in [6, 6.07) is 5.94. The first-order valence-corrected chi connectivity index (χ1v) is 8.27. The molecular formula is C16H24BrN3O2. The lowest BCUT2D eigenvalue weighted by Crippen LogP contribution is -2.52. The Morgan fingerprint density at radius 1 is 1.41 bits per heavy atom. The summed E-state index contributed by atoms with van der Waals surface area (Å²) in [5.41, 5.74) is 1.75. The second-order valence-electron chi connectivity index (χ2n) is 6.18. The first-order chi connectivity index (χ1) is 10.4. The number of benzene rings is 1. The largest absolute Gasteiger partial charge is 0.379 e. The molecule has 0 bridgehead atoms. The maximum Gasteiger partial charge on any atom is 0.211 e. The summed E-state index contributed by atoms with van der Waals surface area (Å²) in [7, 11) is 2.07. The third-order valence-corrected chi connectivity index (χ3v) is 4.65. The number of nitrogens with one attached hydrogen (secondary N) is 1. The number of halogens is 1.